The number of pyridine rings is 1. The SMILES string of the molecule is CCC1c2ccccc2N2c3ncccc3N(c3ccc4oc5ccccc5c4c3C)C2C1(CC)CC. The molecular formula is C33H33N3O. The van der Waals surface area contributed by atoms with Crippen molar-refractivity contribution in [3.05, 3.63) is 90.1 Å². The maximum absolute atomic E-state index is 6.25. The number of hydrogen-bond acceptors (Lipinski definition) is 4. The second-order valence-electron chi connectivity index (χ2n) is 10.6. The lowest BCUT2D eigenvalue weighted by atomic mass is 9.62. The normalized spacial score (nSPS) is 19.8. The zero-order chi connectivity index (χ0) is 25.3. The van der Waals surface area contributed by atoms with E-state index < -0.39 is 0 Å². The van der Waals surface area contributed by atoms with E-state index in [1.165, 1.54) is 39.0 Å². The molecule has 0 saturated heterocycles. The summed E-state index contributed by atoms with van der Waals surface area (Å²) in [5.74, 6) is 1.52. The van der Waals surface area contributed by atoms with E-state index in [1.807, 2.05) is 12.3 Å². The van der Waals surface area contributed by atoms with Gasteiger partial charge in [0.1, 0.15) is 17.3 Å². The van der Waals surface area contributed by atoms with Gasteiger partial charge >= 0.3 is 0 Å². The first kappa shape index (κ1) is 22.4. The van der Waals surface area contributed by atoms with Gasteiger partial charge in [-0.15, -0.1) is 0 Å². The minimum Gasteiger partial charge on any atom is -0.456 e. The first-order valence-electron chi connectivity index (χ1n) is 13.7. The summed E-state index contributed by atoms with van der Waals surface area (Å²) in [5.41, 5.74) is 8.38. The number of aryl methyl sites for hydroxylation is 1. The van der Waals surface area contributed by atoms with Crippen LogP contribution in [0.4, 0.5) is 22.9 Å². The van der Waals surface area contributed by atoms with Crippen LogP contribution in [0.1, 0.15) is 57.1 Å². The highest BCUT2D eigenvalue weighted by molar-refractivity contribution is 6.09. The zero-order valence-electron chi connectivity index (χ0n) is 22.0. The Morgan fingerprint density at radius 2 is 1.54 bits per heavy atom. The number of aromatic nitrogens is 1. The second-order valence-corrected chi connectivity index (χ2v) is 10.6. The number of nitrogens with zero attached hydrogens (tertiary/aromatic N) is 3. The molecule has 0 N–H and O–H groups in total. The molecule has 2 aliphatic heterocycles. The monoisotopic (exact) mass is 487 g/mol. The molecule has 2 aliphatic rings. The van der Waals surface area contributed by atoms with Crippen LogP contribution in [0.15, 0.2) is 83.4 Å². The van der Waals surface area contributed by atoms with Crippen molar-refractivity contribution in [2.75, 3.05) is 9.80 Å². The van der Waals surface area contributed by atoms with E-state index in [-0.39, 0.29) is 11.6 Å². The Balaban J connectivity index is 1.55. The van der Waals surface area contributed by atoms with Crippen LogP contribution in [0, 0.1) is 12.3 Å². The topological polar surface area (TPSA) is 32.5 Å². The fourth-order valence-electron chi connectivity index (χ4n) is 7.61. The van der Waals surface area contributed by atoms with Crippen molar-refractivity contribution < 1.29 is 4.42 Å². The fourth-order valence-corrected chi connectivity index (χ4v) is 7.61. The number of hydrogen-bond donors (Lipinski definition) is 0. The van der Waals surface area contributed by atoms with Gasteiger partial charge in [-0.05, 0) is 79.6 Å². The molecule has 5 aromatic rings. The molecule has 4 nitrogen and oxygen atoms in total. The molecule has 0 radical (unpaired) electrons. The van der Waals surface area contributed by atoms with Gasteiger partial charge in [0.05, 0.1) is 5.69 Å². The molecule has 3 aromatic carbocycles. The summed E-state index contributed by atoms with van der Waals surface area (Å²) in [7, 11) is 0. The zero-order valence-corrected chi connectivity index (χ0v) is 22.0. The molecule has 4 heterocycles. The molecule has 7 rings (SSSR count). The van der Waals surface area contributed by atoms with Gasteiger partial charge in [-0.2, -0.15) is 0 Å². The molecule has 0 aliphatic carbocycles. The molecule has 2 unspecified atom stereocenters. The van der Waals surface area contributed by atoms with E-state index in [1.54, 1.807) is 0 Å². The van der Waals surface area contributed by atoms with Gasteiger partial charge < -0.3 is 14.2 Å². The molecule has 2 atom stereocenters. The Labute approximate surface area is 218 Å². The molecule has 0 saturated carbocycles. The van der Waals surface area contributed by atoms with E-state index in [0.29, 0.717) is 5.92 Å². The van der Waals surface area contributed by atoms with Crippen molar-refractivity contribution in [2.45, 2.75) is 59.0 Å². The summed E-state index contributed by atoms with van der Waals surface area (Å²) in [5, 5.41) is 2.39. The third-order valence-electron chi connectivity index (χ3n) is 9.28. The number of para-hydroxylation sites is 2. The van der Waals surface area contributed by atoms with Crippen molar-refractivity contribution in [1.29, 1.82) is 0 Å². The van der Waals surface area contributed by atoms with Crippen LogP contribution in [-0.4, -0.2) is 11.1 Å². The van der Waals surface area contributed by atoms with E-state index in [2.05, 4.69) is 104 Å². The number of furan rings is 1. The summed E-state index contributed by atoms with van der Waals surface area (Å²) >= 11 is 0. The highest BCUT2D eigenvalue weighted by Crippen LogP contribution is 2.63. The molecule has 186 valence electrons. The summed E-state index contributed by atoms with van der Waals surface area (Å²) in [4.78, 5) is 10.1. The first-order chi connectivity index (χ1) is 18.1. The first-order valence-corrected chi connectivity index (χ1v) is 13.7. The Morgan fingerprint density at radius 3 is 2.35 bits per heavy atom. The van der Waals surface area contributed by atoms with Crippen molar-refractivity contribution >= 4 is 44.8 Å². The highest BCUT2D eigenvalue weighted by atomic mass is 16.3. The lowest BCUT2D eigenvalue weighted by Crippen LogP contribution is -2.57. The Hall–Kier alpha value is -3.79. The second kappa shape index (κ2) is 8.11. The van der Waals surface area contributed by atoms with Gasteiger partial charge in [0, 0.05) is 33.8 Å². The van der Waals surface area contributed by atoms with Crippen LogP contribution in [0.2, 0.25) is 0 Å². The summed E-state index contributed by atoms with van der Waals surface area (Å²) in [6.07, 6.45) is 5.38. The predicted octanol–water partition coefficient (Wildman–Crippen LogP) is 9.22. The van der Waals surface area contributed by atoms with Crippen LogP contribution in [0.25, 0.3) is 21.9 Å². The lowest BCUT2D eigenvalue weighted by molar-refractivity contribution is 0.143. The largest absolute Gasteiger partial charge is 0.456 e. The minimum absolute atomic E-state index is 0.0592. The lowest BCUT2D eigenvalue weighted by Gasteiger charge is -2.55. The van der Waals surface area contributed by atoms with Gasteiger partial charge in [-0.3, -0.25) is 0 Å². The van der Waals surface area contributed by atoms with Gasteiger partial charge in [0.25, 0.3) is 0 Å². The van der Waals surface area contributed by atoms with Crippen LogP contribution in [0.5, 0.6) is 0 Å². The van der Waals surface area contributed by atoms with Crippen LogP contribution >= 0.6 is 0 Å². The number of anilines is 4. The molecule has 0 bridgehead atoms. The van der Waals surface area contributed by atoms with Crippen molar-refractivity contribution in [3.63, 3.8) is 0 Å². The van der Waals surface area contributed by atoms with Crippen molar-refractivity contribution in [2.24, 2.45) is 5.41 Å². The van der Waals surface area contributed by atoms with Crippen LogP contribution < -0.4 is 9.80 Å². The summed E-state index contributed by atoms with van der Waals surface area (Å²) in [6.45, 7) is 9.38. The number of rotatable bonds is 4. The Kier molecular flexibility index (Phi) is 4.91. The minimum atomic E-state index is 0.0592. The number of benzene rings is 3. The van der Waals surface area contributed by atoms with E-state index in [0.717, 1.165) is 36.2 Å². The third kappa shape index (κ3) is 2.81. The maximum Gasteiger partial charge on any atom is 0.158 e. The van der Waals surface area contributed by atoms with Crippen molar-refractivity contribution in [1.82, 2.24) is 4.98 Å². The van der Waals surface area contributed by atoms with Gasteiger partial charge in [0.15, 0.2) is 5.82 Å². The fraction of sp³-hybridized carbons (Fsp3) is 0.303. The van der Waals surface area contributed by atoms with Crippen molar-refractivity contribution in [3.8, 4) is 0 Å². The molecule has 0 spiro atoms. The van der Waals surface area contributed by atoms with E-state index in [9.17, 15) is 0 Å². The van der Waals surface area contributed by atoms with Crippen LogP contribution in [-0.2, 0) is 0 Å². The number of fused-ring (bicyclic) bond motifs is 8. The van der Waals surface area contributed by atoms with Crippen LogP contribution in [0.3, 0.4) is 0 Å². The standard InChI is InChI=1S/C33H33N3O/c1-5-24-22-13-8-10-15-26(22)36-31-27(16-12-20-34-31)35(32(36)33(24,6-2)7-3)25-18-19-29-30(21(25)4)23-14-9-11-17-28(23)37-29/h8-20,24,32H,5-7H2,1-4H3. The molecule has 4 heteroatoms. The molecular weight excluding hydrogens is 454 g/mol. The van der Waals surface area contributed by atoms with E-state index in [4.69, 9.17) is 9.40 Å². The van der Waals surface area contributed by atoms with Gasteiger partial charge in [-0.25, -0.2) is 4.98 Å². The maximum atomic E-state index is 6.25. The van der Waals surface area contributed by atoms with E-state index >= 15 is 0 Å². The van der Waals surface area contributed by atoms with Gasteiger partial charge in [0.2, 0.25) is 0 Å². The smallest absolute Gasteiger partial charge is 0.158 e. The summed E-state index contributed by atoms with van der Waals surface area (Å²) < 4.78 is 6.25. The average molecular weight is 488 g/mol. The molecule has 0 fully saturated rings. The quantitative estimate of drug-likeness (QED) is 0.253. The molecule has 0 amide bonds. The highest BCUT2D eigenvalue weighted by Gasteiger charge is 2.57. The Morgan fingerprint density at radius 1 is 0.784 bits per heavy atom. The van der Waals surface area contributed by atoms with Gasteiger partial charge in [-0.1, -0.05) is 57.2 Å². The molecule has 37 heavy (non-hydrogen) atoms. The predicted molar refractivity (Wildman–Crippen MR) is 153 cm³/mol. The third-order valence-corrected chi connectivity index (χ3v) is 9.28. The Bertz CT molecular complexity index is 1650. The summed E-state index contributed by atoms with van der Waals surface area (Å²) in [6, 6.07) is 26.1. The average Bonchev–Trinajstić information content (AvgIpc) is 3.49. The molecule has 2 aromatic heterocycles.